The van der Waals surface area contributed by atoms with E-state index in [1.54, 1.807) is 9.80 Å². The first kappa shape index (κ1) is 36.7. The van der Waals surface area contributed by atoms with Crippen LogP contribution in [-0.4, -0.2) is 102 Å². The lowest BCUT2D eigenvalue weighted by molar-refractivity contribution is -0.0425. The number of nitrogens with zero attached hydrogens (tertiary/aromatic N) is 7. The highest BCUT2D eigenvalue weighted by Gasteiger charge is 2.36. The van der Waals surface area contributed by atoms with E-state index < -0.39 is 29.9 Å². The van der Waals surface area contributed by atoms with Gasteiger partial charge in [0.2, 0.25) is 0 Å². The molecule has 0 bridgehead atoms. The number of amides is 2. The molecule has 54 heavy (non-hydrogen) atoms. The molecule has 13 nitrogen and oxygen atoms in total. The summed E-state index contributed by atoms with van der Waals surface area (Å²) in [6.07, 6.45) is -0.0208. The summed E-state index contributed by atoms with van der Waals surface area (Å²) in [5.41, 5.74) is 3.25. The number of rotatable bonds is 8. The van der Waals surface area contributed by atoms with Crippen LogP contribution >= 0.6 is 0 Å². The zero-order valence-electron chi connectivity index (χ0n) is 31.1. The fourth-order valence-electron chi connectivity index (χ4n) is 7.30. The molecule has 7 rings (SSSR count). The molecular weight excluding hydrogens is 686 g/mol. The summed E-state index contributed by atoms with van der Waals surface area (Å²) in [4.78, 5) is 44.2. The summed E-state index contributed by atoms with van der Waals surface area (Å²) in [7, 11) is 0. The molecule has 0 N–H and O–H groups in total. The summed E-state index contributed by atoms with van der Waals surface area (Å²) >= 11 is 0. The Bertz CT molecular complexity index is 1990. The first-order chi connectivity index (χ1) is 26.2. The molecule has 1 unspecified atom stereocenters. The normalized spacial score (nSPS) is 18.9. The first-order valence-corrected chi connectivity index (χ1v) is 18.6. The topological polar surface area (TPSA) is 134 Å². The van der Waals surface area contributed by atoms with Crippen LogP contribution < -0.4 is 14.5 Å². The number of piperazine rings is 1. The van der Waals surface area contributed by atoms with Gasteiger partial charge in [0.25, 0.3) is 0 Å². The molecule has 2 fully saturated rings. The van der Waals surface area contributed by atoms with E-state index in [9.17, 15) is 14.9 Å². The van der Waals surface area contributed by atoms with Crippen LogP contribution in [0.2, 0.25) is 0 Å². The molecular formula is C41H47N7O6. The average Bonchev–Trinajstić information content (AvgIpc) is 3.18. The van der Waals surface area contributed by atoms with Gasteiger partial charge in [0, 0.05) is 49.4 Å². The summed E-state index contributed by atoms with van der Waals surface area (Å²) in [6, 6.07) is 25.9. The van der Waals surface area contributed by atoms with E-state index >= 15 is 0 Å². The number of carbonyl (C=O) groups excluding carboxylic acids is 2. The molecule has 4 aromatic rings. The Labute approximate surface area is 316 Å². The van der Waals surface area contributed by atoms with Crippen LogP contribution in [0.3, 0.4) is 0 Å². The Hall–Kier alpha value is -5.61. The molecule has 3 aliphatic heterocycles. The second-order valence-corrected chi connectivity index (χ2v) is 14.8. The average molecular weight is 734 g/mol. The number of anilines is 2. The lowest BCUT2D eigenvalue weighted by Crippen LogP contribution is -2.56. The number of carbonyl (C=O) groups is 2. The quantitative estimate of drug-likeness (QED) is 0.213. The van der Waals surface area contributed by atoms with E-state index in [0.717, 1.165) is 34.9 Å². The largest absolute Gasteiger partial charge is 0.461 e. The van der Waals surface area contributed by atoms with E-state index in [-0.39, 0.29) is 25.6 Å². The monoisotopic (exact) mass is 733 g/mol. The summed E-state index contributed by atoms with van der Waals surface area (Å²) in [5.74, 6) is 0.733. The lowest BCUT2D eigenvalue weighted by Gasteiger charge is -2.42. The molecule has 2 amide bonds. The molecule has 13 heteroatoms. The van der Waals surface area contributed by atoms with Crippen LogP contribution in [0.15, 0.2) is 72.8 Å². The van der Waals surface area contributed by atoms with Crippen molar-refractivity contribution in [3.05, 3.63) is 89.6 Å². The number of benzene rings is 3. The van der Waals surface area contributed by atoms with Gasteiger partial charge in [-0.3, -0.25) is 4.90 Å². The van der Waals surface area contributed by atoms with E-state index in [2.05, 4.69) is 52.3 Å². The van der Waals surface area contributed by atoms with Crippen molar-refractivity contribution in [1.29, 1.82) is 5.26 Å². The van der Waals surface area contributed by atoms with E-state index in [0.29, 0.717) is 52.4 Å². The van der Waals surface area contributed by atoms with Crippen molar-refractivity contribution in [2.45, 2.75) is 64.4 Å². The van der Waals surface area contributed by atoms with E-state index in [4.69, 9.17) is 28.9 Å². The number of fused-ring (bicyclic) bond motifs is 2. The molecule has 1 aromatic heterocycles. The standard InChI is InChI=1S/C41H47N7O6/c1-41(2,3)54-40(50)48-22-23-51-27-32(48)28-52-38-43-35-25-45(36-15-9-13-30-12-7-8-14-33(30)36)19-17-34(35)37(44-38)46-20-21-47(31(24-46)16-18-42)39(49)53-26-29-10-5-4-6-11-29/h4-15,31-32H,16-17,19-28H2,1-3H3/t31?,32-/m1/s1. The van der Waals surface area contributed by atoms with Gasteiger partial charge in [0.15, 0.2) is 0 Å². The second kappa shape index (κ2) is 16.2. The number of morpholine rings is 1. The molecule has 0 aliphatic carbocycles. The van der Waals surface area contributed by atoms with Crippen LogP contribution in [0.25, 0.3) is 10.8 Å². The van der Waals surface area contributed by atoms with Gasteiger partial charge in [-0.15, -0.1) is 0 Å². The lowest BCUT2D eigenvalue weighted by atomic mass is 10.0. The van der Waals surface area contributed by atoms with Crippen molar-refractivity contribution < 1.29 is 28.5 Å². The maximum Gasteiger partial charge on any atom is 0.410 e. The maximum absolute atomic E-state index is 13.3. The van der Waals surface area contributed by atoms with Crippen LogP contribution in [0.4, 0.5) is 21.1 Å². The third-order valence-corrected chi connectivity index (χ3v) is 9.94. The van der Waals surface area contributed by atoms with Crippen molar-refractivity contribution in [3.63, 3.8) is 0 Å². The molecule has 3 aliphatic rings. The van der Waals surface area contributed by atoms with Gasteiger partial charge in [-0.2, -0.15) is 15.2 Å². The predicted octanol–water partition coefficient (Wildman–Crippen LogP) is 5.95. The number of hydrogen-bond donors (Lipinski definition) is 0. The second-order valence-electron chi connectivity index (χ2n) is 14.8. The third-order valence-electron chi connectivity index (χ3n) is 9.94. The van der Waals surface area contributed by atoms with Crippen LogP contribution in [0.5, 0.6) is 6.01 Å². The number of ether oxygens (including phenoxy) is 4. The van der Waals surface area contributed by atoms with E-state index in [1.807, 2.05) is 57.2 Å². The highest BCUT2D eigenvalue weighted by Crippen LogP contribution is 2.35. The number of hydrogen-bond acceptors (Lipinski definition) is 11. The van der Waals surface area contributed by atoms with Crippen molar-refractivity contribution in [2.75, 3.05) is 62.3 Å². The summed E-state index contributed by atoms with van der Waals surface area (Å²) in [5, 5.41) is 12.1. The van der Waals surface area contributed by atoms with Crippen molar-refractivity contribution in [3.8, 4) is 12.1 Å². The molecule has 0 spiro atoms. The molecule has 2 saturated heterocycles. The minimum absolute atomic E-state index is 0.114. The predicted molar refractivity (Wildman–Crippen MR) is 203 cm³/mol. The Balaban J connectivity index is 1.15. The maximum atomic E-state index is 13.3. The van der Waals surface area contributed by atoms with Crippen molar-refractivity contribution in [2.24, 2.45) is 0 Å². The highest BCUT2D eigenvalue weighted by atomic mass is 16.6. The minimum atomic E-state index is -0.640. The molecule has 2 atom stereocenters. The van der Waals surface area contributed by atoms with Gasteiger partial charge in [-0.05, 0) is 44.2 Å². The molecule has 0 radical (unpaired) electrons. The number of nitriles is 1. The first-order valence-electron chi connectivity index (χ1n) is 18.6. The molecule has 282 valence electrons. The van der Waals surface area contributed by atoms with Gasteiger partial charge in [-0.1, -0.05) is 66.7 Å². The Morgan fingerprint density at radius 2 is 1.67 bits per heavy atom. The van der Waals surface area contributed by atoms with Crippen LogP contribution in [0.1, 0.15) is 44.0 Å². The Morgan fingerprint density at radius 1 is 0.889 bits per heavy atom. The van der Waals surface area contributed by atoms with Gasteiger partial charge in [0.1, 0.15) is 24.6 Å². The highest BCUT2D eigenvalue weighted by molar-refractivity contribution is 5.94. The van der Waals surface area contributed by atoms with E-state index in [1.165, 1.54) is 10.8 Å². The van der Waals surface area contributed by atoms with Crippen molar-refractivity contribution in [1.82, 2.24) is 19.8 Å². The van der Waals surface area contributed by atoms with Gasteiger partial charge < -0.3 is 33.6 Å². The molecule has 0 saturated carbocycles. The molecule has 4 heterocycles. The van der Waals surface area contributed by atoms with Crippen molar-refractivity contribution >= 4 is 34.5 Å². The van der Waals surface area contributed by atoms with Gasteiger partial charge in [-0.25, -0.2) is 9.59 Å². The zero-order valence-corrected chi connectivity index (χ0v) is 31.1. The van der Waals surface area contributed by atoms with Gasteiger partial charge in [0.05, 0.1) is 50.0 Å². The van der Waals surface area contributed by atoms with Gasteiger partial charge >= 0.3 is 18.2 Å². The third kappa shape index (κ3) is 8.44. The zero-order chi connectivity index (χ0) is 37.7. The summed E-state index contributed by atoms with van der Waals surface area (Å²) < 4.78 is 23.4. The minimum Gasteiger partial charge on any atom is -0.461 e. The molecule has 3 aromatic carbocycles. The van der Waals surface area contributed by atoms with Crippen LogP contribution in [-0.2, 0) is 33.8 Å². The Morgan fingerprint density at radius 3 is 2.48 bits per heavy atom. The fraction of sp³-hybridized carbons (Fsp3) is 0.439. The Kier molecular flexibility index (Phi) is 11.0. The fourth-order valence-corrected chi connectivity index (χ4v) is 7.30. The number of aromatic nitrogens is 2. The SMILES string of the molecule is CC(C)(C)OC(=O)N1CCOC[C@@H]1COc1nc2c(c(N3CCN(C(=O)OCc4ccccc4)C(CC#N)C3)n1)CCN(c1cccc3ccccc13)C2. The summed E-state index contributed by atoms with van der Waals surface area (Å²) in [6.45, 7) is 9.44. The van der Waals surface area contributed by atoms with Crippen LogP contribution in [0, 0.1) is 11.3 Å². The smallest absolute Gasteiger partial charge is 0.410 e.